The monoisotopic (exact) mass is 413 g/mol. The lowest BCUT2D eigenvalue weighted by atomic mass is 10.1. The van der Waals surface area contributed by atoms with Crippen molar-refractivity contribution >= 4 is 43.8 Å². The van der Waals surface area contributed by atoms with Crippen LogP contribution in [0.1, 0.15) is 50.5 Å². The number of sulfone groups is 1. The van der Waals surface area contributed by atoms with Gasteiger partial charge in [0, 0.05) is 19.3 Å². The lowest BCUT2D eigenvalue weighted by Crippen LogP contribution is -2.42. The number of hydrazone groups is 1. The van der Waals surface area contributed by atoms with Crippen LogP contribution in [0.5, 0.6) is 0 Å². The molecule has 1 aromatic rings. The lowest BCUT2D eigenvalue weighted by Gasteiger charge is -2.27. The second-order valence-electron chi connectivity index (χ2n) is 6.75. The maximum Gasteiger partial charge on any atom is 0.273 e. The molecular weight excluding hydrogens is 390 g/mol. The predicted molar refractivity (Wildman–Crippen MR) is 102 cm³/mol. The maximum atomic E-state index is 12.5. The molecule has 1 N–H and O–H groups in total. The lowest BCUT2D eigenvalue weighted by molar-refractivity contribution is -0.133. The quantitative estimate of drug-likeness (QED) is 0.674. The molecule has 0 saturated carbocycles. The van der Waals surface area contributed by atoms with Gasteiger partial charge in [-0.2, -0.15) is 5.10 Å². The zero-order chi connectivity index (χ0) is 19.4. The smallest absolute Gasteiger partial charge is 0.273 e. The van der Waals surface area contributed by atoms with Crippen molar-refractivity contribution < 1.29 is 18.0 Å². The first-order chi connectivity index (χ1) is 12.9. The zero-order valence-electron chi connectivity index (χ0n) is 15.2. The highest BCUT2D eigenvalue weighted by molar-refractivity contribution is 7.91. The van der Waals surface area contributed by atoms with Crippen LogP contribution in [0.4, 0.5) is 5.13 Å². The van der Waals surface area contributed by atoms with E-state index >= 15 is 0 Å². The van der Waals surface area contributed by atoms with Crippen molar-refractivity contribution in [2.75, 3.05) is 16.8 Å². The molecule has 1 saturated heterocycles. The summed E-state index contributed by atoms with van der Waals surface area (Å²) in [6.45, 7) is 2.13. The number of anilines is 1. The summed E-state index contributed by atoms with van der Waals surface area (Å²) < 4.78 is 23.3. The molecule has 11 heteroatoms. The van der Waals surface area contributed by atoms with Gasteiger partial charge in [-0.3, -0.25) is 14.9 Å². The minimum Gasteiger partial charge on any atom is -0.295 e. The molecular formula is C16H23N5O4S2. The predicted octanol–water partition coefficient (Wildman–Crippen LogP) is 1.37. The largest absolute Gasteiger partial charge is 0.295 e. The van der Waals surface area contributed by atoms with Crippen LogP contribution in [-0.2, 0) is 25.8 Å². The molecule has 2 aliphatic rings. The van der Waals surface area contributed by atoms with Gasteiger partial charge in [-0.25, -0.2) is 13.4 Å². The summed E-state index contributed by atoms with van der Waals surface area (Å²) in [5.41, 5.74) is 0.210. The molecule has 0 aliphatic carbocycles. The summed E-state index contributed by atoms with van der Waals surface area (Å²) >= 11 is 1.33. The van der Waals surface area contributed by atoms with Crippen LogP contribution in [0.3, 0.4) is 0 Å². The van der Waals surface area contributed by atoms with Gasteiger partial charge in [0.15, 0.2) is 9.84 Å². The van der Waals surface area contributed by atoms with Gasteiger partial charge in [0.2, 0.25) is 11.0 Å². The molecule has 1 atom stereocenters. The fourth-order valence-corrected chi connectivity index (χ4v) is 5.56. The van der Waals surface area contributed by atoms with E-state index in [1.54, 1.807) is 0 Å². The number of nitrogens with one attached hydrogen (secondary N) is 1. The van der Waals surface area contributed by atoms with Crippen LogP contribution >= 0.6 is 11.3 Å². The number of aromatic nitrogens is 2. The molecule has 2 amide bonds. The van der Waals surface area contributed by atoms with Gasteiger partial charge >= 0.3 is 0 Å². The number of rotatable bonds is 7. The first-order valence-corrected chi connectivity index (χ1v) is 11.8. The number of hydrogen-bond donors (Lipinski definition) is 1. The Morgan fingerprint density at radius 1 is 1.30 bits per heavy atom. The Balaban J connectivity index is 1.64. The highest BCUT2D eigenvalue weighted by Gasteiger charge is 2.37. The SMILES string of the molecule is CCCCCc1nnc(NC(=O)C2=NN(C3CCS(=O)(=O)C3)C(=O)CC2)s1. The van der Waals surface area contributed by atoms with Crippen molar-refractivity contribution in [3.8, 4) is 0 Å². The molecule has 0 spiro atoms. The van der Waals surface area contributed by atoms with Crippen LogP contribution in [0.2, 0.25) is 0 Å². The van der Waals surface area contributed by atoms with E-state index in [1.807, 2.05) is 0 Å². The Labute approximate surface area is 162 Å². The maximum absolute atomic E-state index is 12.5. The summed E-state index contributed by atoms with van der Waals surface area (Å²) in [6, 6.07) is -0.489. The summed E-state index contributed by atoms with van der Waals surface area (Å²) in [5.74, 6) is -0.731. The van der Waals surface area contributed by atoms with Crippen molar-refractivity contribution in [1.82, 2.24) is 15.2 Å². The van der Waals surface area contributed by atoms with Crippen LogP contribution in [0.25, 0.3) is 0 Å². The molecule has 0 aromatic carbocycles. The number of nitrogens with zero attached hydrogens (tertiary/aromatic N) is 4. The van der Waals surface area contributed by atoms with E-state index in [2.05, 4.69) is 27.5 Å². The van der Waals surface area contributed by atoms with Crippen molar-refractivity contribution in [1.29, 1.82) is 0 Å². The highest BCUT2D eigenvalue weighted by atomic mass is 32.2. The number of unbranched alkanes of at least 4 members (excludes halogenated alkanes) is 2. The van der Waals surface area contributed by atoms with Crippen molar-refractivity contribution in [3.63, 3.8) is 0 Å². The first kappa shape index (κ1) is 19.9. The topological polar surface area (TPSA) is 122 Å². The highest BCUT2D eigenvalue weighted by Crippen LogP contribution is 2.23. The normalized spacial score (nSPS) is 22.0. The average Bonchev–Trinajstić information content (AvgIpc) is 3.21. The molecule has 2 aliphatic heterocycles. The summed E-state index contributed by atoms with van der Waals surface area (Å²) in [4.78, 5) is 24.6. The van der Waals surface area contributed by atoms with E-state index < -0.39 is 21.8 Å². The van der Waals surface area contributed by atoms with E-state index in [1.165, 1.54) is 16.3 Å². The Bertz CT molecular complexity index is 849. The van der Waals surface area contributed by atoms with Gasteiger partial charge in [0.1, 0.15) is 10.7 Å². The second-order valence-corrected chi connectivity index (χ2v) is 10.0. The number of amides is 2. The van der Waals surface area contributed by atoms with Gasteiger partial charge < -0.3 is 0 Å². The van der Waals surface area contributed by atoms with Gasteiger partial charge in [-0.05, 0) is 12.8 Å². The number of carbonyl (C=O) groups is 2. The molecule has 0 radical (unpaired) electrons. The van der Waals surface area contributed by atoms with Crippen LogP contribution < -0.4 is 5.32 Å². The van der Waals surface area contributed by atoms with Crippen LogP contribution in [-0.4, -0.2) is 58.7 Å². The first-order valence-electron chi connectivity index (χ1n) is 9.11. The summed E-state index contributed by atoms with van der Waals surface area (Å²) in [6.07, 6.45) is 4.83. The van der Waals surface area contributed by atoms with Gasteiger partial charge in [0.25, 0.3) is 5.91 Å². The molecule has 3 rings (SSSR count). The van der Waals surface area contributed by atoms with Gasteiger partial charge in [0.05, 0.1) is 17.5 Å². The fraction of sp³-hybridized carbons (Fsp3) is 0.688. The molecule has 27 heavy (non-hydrogen) atoms. The van der Waals surface area contributed by atoms with E-state index in [9.17, 15) is 18.0 Å². The molecule has 3 heterocycles. The molecule has 1 aromatic heterocycles. The fourth-order valence-electron chi connectivity index (χ4n) is 3.09. The van der Waals surface area contributed by atoms with E-state index in [0.717, 1.165) is 30.7 Å². The third kappa shape index (κ3) is 5.10. The van der Waals surface area contributed by atoms with Crippen molar-refractivity contribution in [2.45, 2.75) is 57.9 Å². The van der Waals surface area contributed by atoms with E-state index in [-0.39, 0.29) is 36.0 Å². The van der Waals surface area contributed by atoms with Gasteiger partial charge in [-0.15, -0.1) is 10.2 Å². The summed E-state index contributed by atoms with van der Waals surface area (Å²) in [5, 5.41) is 17.4. The zero-order valence-corrected chi connectivity index (χ0v) is 16.8. The molecule has 9 nitrogen and oxygen atoms in total. The van der Waals surface area contributed by atoms with Crippen LogP contribution in [0.15, 0.2) is 5.10 Å². The van der Waals surface area contributed by atoms with Gasteiger partial charge in [-0.1, -0.05) is 31.1 Å². The molecule has 1 unspecified atom stereocenters. The standard InChI is InChI=1S/C16H23N5O4S2/c1-2-3-4-5-13-18-19-16(26-13)17-15(23)12-6-7-14(22)21(20-12)11-8-9-27(24,25)10-11/h11H,2-10H2,1H3,(H,17,19,23). The molecule has 148 valence electrons. The van der Waals surface area contributed by atoms with Crippen molar-refractivity contribution in [2.24, 2.45) is 5.10 Å². The van der Waals surface area contributed by atoms with Crippen molar-refractivity contribution in [3.05, 3.63) is 5.01 Å². The van der Waals surface area contributed by atoms with E-state index in [0.29, 0.717) is 11.6 Å². The Hall–Kier alpha value is -1.88. The third-order valence-electron chi connectivity index (χ3n) is 4.56. The number of aryl methyl sites for hydroxylation is 1. The molecule has 1 fully saturated rings. The minimum absolute atomic E-state index is 0.0457. The third-order valence-corrected chi connectivity index (χ3v) is 7.21. The molecule has 0 bridgehead atoms. The second kappa shape index (κ2) is 8.42. The number of carbonyl (C=O) groups excluding carboxylic acids is 2. The summed E-state index contributed by atoms with van der Waals surface area (Å²) in [7, 11) is -3.14. The Kier molecular flexibility index (Phi) is 6.20. The minimum atomic E-state index is -3.14. The van der Waals surface area contributed by atoms with Crippen LogP contribution in [0, 0.1) is 0 Å². The Morgan fingerprint density at radius 3 is 2.81 bits per heavy atom. The van der Waals surface area contributed by atoms with E-state index in [4.69, 9.17) is 0 Å². The number of hydrogen-bond acceptors (Lipinski definition) is 8. The average molecular weight is 414 g/mol. The Morgan fingerprint density at radius 2 is 2.11 bits per heavy atom.